The van der Waals surface area contributed by atoms with Crippen molar-refractivity contribution in [2.75, 3.05) is 26.2 Å². The summed E-state index contributed by atoms with van der Waals surface area (Å²) in [5, 5.41) is 11.0. The zero-order chi connectivity index (χ0) is 19.3. The van der Waals surface area contributed by atoms with Gasteiger partial charge in [-0.3, -0.25) is 14.9 Å². The number of benzene rings is 1. The van der Waals surface area contributed by atoms with Crippen LogP contribution in [0.4, 0.5) is 10.5 Å². The first-order valence-corrected chi connectivity index (χ1v) is 8.19. The van der Waals surface area contributed by atoms with Crippen LogP contribution in [-0.2, 0) is 9.53 Å². The molecule has 8 nitrogen and oxygen atoms in total. The second kappa shape index (κ2) is 7.87. The van der Waals surface area contributed by atoms with E-state index in [-0.39, 0.29) is 11.3 Å². The monoisotopic (exact) mass is 359 g/mol. The number of rotatable bonds is 1. The van der Waals surface area contributed by atoms with Crippen LogP contribution in [0.15, 0.2) is 24.3 Å². The molecule has 8 heteroatoms. The number of hydrogen-bond acceptors (Lipinski definition) is 5. The van der Waals surface area contributed by atoms with Crippen LogP contribution in [0.25, 0.3) is 0 Å². The molecular formula is C18H21N3O5. The van der Waals surface area contributed by atoms with E-state index in [0.29, 0.717) is 26.2 Å². The Morgan fingerprint density at radius 3 is 2.27 bits per heavy atom. The molecule has 1 heterocycles. The number of carbonyl (C=O) groups is 2. The molecule has 0 aromatic heterocycles. The second-order valence-electron chi connectivity index (χ2n) is 6.78. The van der Waals surface area contributed by atoms with Crippen LogP contribution in [0, 0.1) is 22.0 Å². The minimum atomic E-state index is -0.570. The number of amides is 2. The fourth-order valence-electron chi connectivity index (χ4n) is 2.36. The molecular weight excluding hydrogens is 338 g/mol. The van der Waals surface area contributed by atoms with Gasteiger partial charge in [-0.15, -0.1) is 0 Å². The Morgan fingerprint density at radius 1 is 1.12 bits per heavy atom. The molecule has 0 atom stereocenters. The fourth-order valence-corrected chi connectivity index (χ4v) is 2.36. The fraction of sp³-hybridized carbons (Fsp3) is 0.444. The summed E-state index contributed by atoms with van der Waals surface area (Å²) >= 11 is 0. The molecule has 0 bridgehead atoms. The van der Waals surface area contributed by atoms with E-state index in [1.165, 1.54) is 17.0 Å². The lowest BCUT2D eigenvalue weighted by molar-refractivity contribution is -0.385. The van der Waals surface area contributed by atoms with Gasteiger partial charge in [0, 0.05) is 38.2 Å². The Balaban J connectivity index is 1.96. The predicted molar refractivity (Wildman–Crippen MR) is 94.4 cm³/mol. The Bertz CT molecular complexity index is 765. The van der Waals surface area contributed by atoms with Crippen molar-refractivity contribution in [1.82, 2.24) is 9.80 Å². The first-order valence-electron chi connectivity index (χ1n) is 8.19. The maximum Gasteiger partial charge on any atom is 0.410 e. The van der Waals surface area contributed by atoms with Gasteiger partial charge in [0.2, 0.25) is 0 Å². The molecule has 0 spiro atoms. The number of piperazine rings is 1. The second-order valence-corrected chi connectivity index (χ2v) is 6.78. The minimum Gasteiger partial charge on any atom is -0.444 e. The first-order chi connectivity index (χ1) is 12.2. The maximum absolute atomic E-state index is 12.2. The molecule has 0 radical (unpaired) electrons. The Hall–Kier alpha value is -3.08. The topological polar surface area (TPSA) is 93.0 Å². The third-order valence-electron chi connectivity index (χ3n) is 3.62. The SMILES string of the molecule is CC(C)(C)OC(=O)N1CCN(C(=O)C#Cc2ccccc2[N+](=O)[O-])CC1. The number of nitro benzene ring substituents is 1. The van der Waals surface area contributed by atoms with Crippen molar-refractivity contribution >= 4 is 17.7 Å². The quantitative estimate of drug-likeness (QED) is 0.434. The van der Waals surface area contributed by atoms with Crippen molar-refractivity contribution in [3.05, 3.63) is 39.9 Å². The number of para-hydroxylation sites is 1. The molecule has 1 fully saturated rings. The summed E-state index contributed by atoms with van der Waals surface area (Å²) in [7, 11) is 0. The van der Waals surface area contributed by atoms with Gasteiger partial charge in [-0.1, -0.05) is 12.1 Å². The van der Waals surface area contributed by atoms with Crippen molar-refractivity contribution in [2.24, 2.45) is 0 Å². The summed E-state index contributed by atoms with van der Waals surface area (Å²) in [6.45, 7) is 6.77. The van der Waals surface area contributed by atoms with Gasteiger partial charge in [-0.2, -0.15) is 0 Å². The average Bonchev–Trinajstić information content (AvgIpc) is 2.58. The molecule has 1 aromatic rings. The predicted octanol–water partition coefficient (Wildman–Crippen LogP) is 2.03. The van der Waals surface area contributed by atoms with E-state index >= 15 is 0 Å². The van der Waals surface area contributed by atoms with Gasteiger partial charge < -0.3 is 14.5 Å². The lowest BCUT2D eigenvalue weighted by atomic mass is 10.2. The summed E-state index contributed by atoms with van der Waals surface area (Å²) in [4.78, 5) is 37.7. The van der Waals surface area contributed by atoms with E-state index in [9.17, 15) is 19.7 Å². The Morgan fingerprint density at radius 2 is 1.69 bits per heavy atom. The van der Waals surface area contributed by atoms with Gasteiger partial charge >= 0.3 is 6.09 Å². The van der Waals surface area contributed by atoms with Crippen molar-refractivity contribution in [2.45, 2.75) is 26.4 Å². The van der Waals surface area contributed by atoms with Gasteiger partial charge in [0.05, 0.1) is 4.92 Å². The van der Waals surface area contributed by atoms with Crippen LogP contribution in [0.3, 0.4) is 0 Å². The highest BCUT2D eigenvalue weighted by molar-refractivity contribution is 5.94. The van der Waals surface area contributed by atoms with E-state index in [4.69, 9.17) is 4.74 Å². The molecule has 1 aliphatic rings. The van der Waals surface area contributed by atoms with E-state index in [1.54, 1.807) is 37.8 Å². The molecule has 26 heavy (non-hydrogen) atoms. The lowest BCUT2D eigenvalue weighted by Gasteiger charge is -2.34. The molecule has 0 aliphatic carbocycles. The van der Waals surface area contributed by atoms with Crippen LogP contribution in [0.1, 0.15) is 26.3 Å². The van der Waals surface area contributed by atoms with Crippen molar-refractivity contribution in [3.63, 3.8) is 0 Å². The highest BCUT2D eigenvalue weighted by Gasteiger charge is 2.27. The van der Waals surface area contributed by atoms with Crippen molar-refractivity contribution < 1.29 is 19.2 Å². The maximum atomic E-state index is 12.2. The summed E-state index contributed by atoms with van der Waals surface area (Å²) in [5.74, 6) is 4.59. The molecule has 0 N–H and O–H groups in total. The normalized spacial score (nSPS) is 14.3. The smallest absolute Gasteiger partial charge is 0.410 e. The largest absolute Gasteiger partial charge is 0.444 e. The Kier molecular flexibility index (Phi) is 5.82. The Labute approximate surface area is 151 Å². The summed E-state index contributed by atoms with van der Waals surface area (Å²) in [5.41, 5.74) is -0.513. The number of ether oxygens (including phenoxy) is 1. The average molecular weight is 359 g/mol. The van der Waals surface area contributed by atoms with Crippen LogP contribution < -0.4 is 0 Å². The third kappa shape index (κ3) is 5.21. The minimum absolute atomic E-state index is 0.137. The molecule has 1 saturated heterocycles. The van der Waals surface area contributed by atoms with Crippen LogP contribution in [0.2, 0.25) is 0 Å². The molecule has 2 amide bonds. The van der Waals surface area contributed by atoms with Gasteiger partial charge in [0.15, 0.2) is 0 Å². The van der Waals surface area contributed by atoms with Gasteiger partial charge in [0.25, 0.3) is 11.6 Å². The first kappa shape index (κ1) is 19.2. The third-order valence-corrected chi connectivity index (χ3v) is 3.62. The summed E-state index contributed by atoms with van der Waals surface area (Å²) in [6, 6.07) is 6.01. The lowest BCUT2D eigenvalue weighted by Crippen LogP contribution is -2.51. The molecule has 0 unspecified atom stereocenters. The van der Waals surface area contributed by atoms with Gasteiger partial charge in [0.1, 0.15) is 11.2 Å². The van der Waals surface area contributed by atoms with E-state index in [0.717, 1.165) is 0 Å². The van der Waals surface area contributed by atoms with E-state index in [1.807, 2.05) is 0 Å². The van der Waals surface area contributed by atoms with E-state index in [2.05, 4.69) is 11.8 Å². The zero-order valence-electron chi connectivity index (χ0n) is 15.0. The van der Waals surface area contributed by atoms with Crippen LogP contribution >= 0.6 is 0 Å². The number of nitro groups is 1. The molecule has 2 rings (SSSR count). The molecule has 1 aromatic carbocycles. The van der Waals surface area contributed by atoms with Crippen molar-refractivity contribution in [3.8, 4) is 11.8 Å². The van der Waals surface area contributed by atoms with Gasteiger partial charge in [-0.05, 0) is 32.8 Å². The highest BCUT2D eigenvalue weighted by atomic mass is 16.6. The number of hydrogen-bond donors (Lipinski definition) is 0. The molecule has 138 valence electrons. The van der Waals surface area contributed by atoms with Gasteiger partial charge in [-0.25, -0.2) is 4.79 Å². The summed E-state index contributed by atoms with van der Waals surface area (Å²) < 4.78 is 5.31. The molecule has 0 saturated carbocycles. The number of nitrogens with zero attached hydrogens (tertiary/aromatic N) is 3. The zero-order valence-corrected chi connectivity index (χ0v) is 15.0. The van der Waals surface area contributed by atoms with Crippen LogP contribution in [0.5, 0.6) is 0 Å². The molecule has 1 aliphatic heterocycles. The van der Waals surface area contributed by atoms with Crippen molar-refractivity contribution in [1.29, 1.82) is 0 Å². The highest BCUT2D eigenvalue weighted by Crippen LogP contribution is 2.16. The van der Waals surface area contributed by atoms with E-state index < -0.39 is 22.5 Å². The standard InChI is InChI=1S/C18H21N3O5/c1-18(2,3)26-17(23)20-12-10-19(11-13-20)16(22)9-8-14-6-4-5-7-15(14)21(24)25/h4-7H,10-13H2,1-3H3. The van der Waals surface area contributed by atoms with Crippen LogP contribution in [-0.4, -0.2) is 58.5 Å². The number of carbonyl (C=O) groups excluding carboxylic acids is 2. The summed E-state index contributed by atoms with van der Waals surface area (Å²) in [6.07, 6.45) is -0.407.